The van der Waals surface area contributed by atoms with E-state index in [0.29, 0.717) is 17.7 Å². The molecule has 25 heavy (non-hydrogen) atoms. The molecule has 5 rings (SSSR count). The fourth-order valence-corrected chi connectivity index (χ4v) is 4.64. The van der Waals surface area contributed by atoms with E-state index in [9.17, 15) is 0 Å². The molecular formula is C18H23N5O2. The molecule has 0 unspecified atom stereocenters. The summed E-state index contributed by atoms with van der Waals surface area (Å²) in [5.74, 6) is 3.43. The largest absolute Gasteiger partial charge is 0.480 e. The van der Waals surface area contributed by atoms with Crippen LogP contribution in [0.25, 0.3) is 0 Å². The molecule has 3 aliphatic rings. The van der Waals surface area contributed by atoms with Crippen molar-refractivity contribution in [2.45, 2.75) is 50.0 Å². The van der Waals surface area contributed by atoms with Crippen LogP contribution in [0.2, 0.25) is 0 Å². The monoisotopic (exact) mass is 341 g/mol. The van der Waals surface area contributed by atoms with Gasteiger partial charge in [-0.05, 0) is 31.6 Å². The first kappa shape index (κ1) is 15.3. The summed E-state index contributed by atoms with van der Waals surface area (Å²) in [6.07, 6.45) is 9.39. The number of aromatic nitrogens is 4. The molecular weight excluding hydrogens is 318 g/mol. The Labute approximate surface area is 146 Å². The van der Waals surface area contributed by atoms with Gasteiger partial charge in [-0.15, -0.1) is 10.2 Å². The van der Waals surface area contributed by atoms with E-state index >= 15 is 0 Å². The molecule has 132 valence electrons. The molecule has 0 N–H and O–H groups in total. The second-order valence-corrected chi connectivity index (χ2v) is 7.65. The molecule has 0 spiro atoms. The van der Waals surface area contributed by atoms with Crippen LogP contribution in [0.1, 0.15) is 55.5 Å². The molecule has 0 radical (unpaired) electrons. The molecule has 1 aliphatic heterocycles. The molecule has 2 aromatic heterocycles. The lowest BCUT2D eigenvalue weighted by Crippen LogP contribution is -2.32. The summed E-state index contributed by atoms with van der Waals surface area (Å²) < 4.78 is 11.5. The Morgan fingerprint density at radius 2 is 2.12 bits per heavy atom. The van der Waals surface area contributed by atoms with Crippen LogP contribution in [0.4, 0.5) is 0 Å². The lowest BCUT2D eigenvalue weighted by molar-refractivity contribution is 0.258. The average molecular weight is 341 g/mol. The highest BCUT2D eigenvalue weighted by molar-refractivity contribution is 5.21. The SMILES string of the molecule is COc1nccnc1CN1C[C@@H]2CCC[C@]2(c2nnc(C3CC3)o2)C1. The number of hydrogen-bond acceptors (Lipinski definition) is 7. The Kier molecular flexibility index (Phi) is 3.51. The second kappa shape index (κ2) is 5.76. The quantitative estimate of drug-likeness (QED) is 0.826. The Hall–Kier alpha value is -2.02. The van der Waals surface area contributed by atoms with Gasteiger partial charge in [0.2, 0.25) is 17.7 Å². The molecule has 2 aliphatic carbocycles. The lowest BCUT2D eigenvalue weighted by Gasteiger charge is -2.24. The highest BCUT2D eigenvalue weighted by atomic mass is 16.5. The topological polar surface area (TPSA) is 77.2 Å². The van der Waals surface area contributed by atoms with Crippen molar-refractivity contribution >= 4 is 0 Å². The number of rotatable bonds is 5. The Morgan fingerprint density at radius 3 is 2.96 bits per heavy atom. The summed E-state index contributed by atoms with van der Waals surface area (Å²) in [5, 5.41) is 8.81. The smallest absolute Gasteiger partial charge is 0.236 e. The van der Waals surface area contributed by atoms with Crippen LogP contribution in [-0.4, -0.2) is 45.3 Å². The molecule has 1 saturated heterocycles. The maximum atomic E-state index is 6.14. The molecule has 0 amide bonds. The van der Waals surface area contributed by atoms with Gasteiger partial charge in [0, 0.05) is 37.9 Å². The number of likely N-dealkylation sites (tertiary alicyclic amines) is 1. The van der Waals surface area contributed by atoms with E-state index in [1.807, 2.05) is 0 Å². The predicted octanol–water partition coefficient (Wildman–Crippen LogP) is 2.30. The molecule has 2 aromatic rings. The highest BCUT2D eigenvalue weighted by Crippen LogP contribution is 2.51. The first-order valence-electron chi connectivity index (χ1n) is 9.18. The van der Waals surface area contributed by atoms with Gasteiger partial charge in [0.25, 0.3) is 0 Å². The van der Waals surface area contributed by atoms with Crippen molar-refractivity contribution in [3.8, 4) is 5.88 Å². The number of methoxy groups -OCH3 is 1. The average Bonchev–Trinajstić information content (AvgIpc) is 3.05. The molecule has 0 bridgehead atoms. The van der Waals surface area contributed by atoms with Gasteiger partial charge in [0.1, 0.15) is 5.69 Å². The maximum absolute atomic E-state index is 6.14. The third-order valence-electron chi connectivity index (χ3n) is 6.04. The van der Waals surface area contributed by atoms with Crippen molar-refractivity contribution in [3.05, 3.63) is 29.9 Å². The van der Waals surface area contributed by atoms with Crippen LogP contribution in [0.5, 0.6) is 5.88 Å². The van der Waals surface area contributed by atoms with Gasteiger partial charge in [0.05, 0.1) is 12.5 Å². The van der Waals surface area contributed by atoms with E-state index in [2.05, 4.69) is 25.1 Å². The molecule has 3 fully saturated rings. The second-order valence-electron chi connectivity index (χ2n) is 7.65. The van der Waals surface area contributed by atoms with Crippen molar-refractivity contribution in [2.75, 3.05) is 20.2 Å². The fourth-order valence-electron chi connectivity index (χ4n) is 4.64. The molecule has 2 saturated carbocycles. The minimum atomic E-state index is 0.0234. The number of nitrogens with zero attached hydrogens (tertiary/aromatic N) is 5. The van der Waals surface area contributed by atoms with Gasteiger partial charge in [-0.2, -0.15) is 0 Å². The van der Waals surface area contributed by atoms with Gasteiger partial charge < -0.3 is 9.15 Å². The van der Waals surface area contributed by atoms with E-state index in [1.54, 1.807) is 19.5 Å². The number of hydrogen-bond donors (Lipinski definition) is 0. The minimum Gasteiger partial charge on any atom is -0.480 e. The molecule has 3 heterocycles. The Bertz CT molecular complexity index is 774. The summed E-state index contributed by atoms with van der Waals surface area (Å²) in [6.45, 7) is 2.74. The van der Waals surface area contributed by atoms with E-state index < -0.39 is 0 Å². The van der Waals surface area contributed by atoms with Gasteiger partial charge >= 0.3 is 0 Å². The minimum absolute atomic E-state index is 0.0234. The number of fused-ring (bicyclic) bond motifs is 1. The van der Waals surface area contributed by atoms with Gasteiger partial charge in [0.15, 0.2) is 0 Å². The van der Waals surface area contributed by atoms with Crippen LogP contribution in [-0.2, 0) is 12.0 Å². The van der Waals surface area contributed by atoms with Crippen LogP contribution in [0, 0.1) is 5.92 Å². The fraction of sp³-hybridized carbons (Fsp3) is 0.667. The first-order valence-corrected chi connectivity index (χ1v) is 9.18. The Morgan fingerprint density at radius 1 is 1.24 bits per heavy atom. The summed E-state index contributed by atoms with van der Waals surface area (Å²) in [6, 6.07) is 0. The van der Waals surface area contributed by atoms with Crippen molar-refractivity contribution in [1.29, 1.82) is 0 Å². The van der Waals surface area contributed by atoms with E-state index in [-0.39, 0.29) is 5.41 Å². The summed E-state index contributed by atoms with van der Waals surface area (Å²) >= 11 is 0. The first-order chi connectivity index (χ1) is 12.3. The Balaban J connectivity index is 1.39. The molecule has 0 aromatic carbocycles. The summed E-state index contributed by atoms with van der Waals surface area (Å²) in [7, 11) is 1.64. The van der Waals surface area contributed by atoms with E-state index in [4.69, 9.17) is 9.15 Å². The van der Waals surface area contributed by atoms with Crippen LogP contribution >= 0.6 is 0 Å². The third-order valence-corrected chi connectivity index (χ3v) is 6.04. The van der Waals surface area contributed by atoms with Crippen molar-refractivity contribution in [1.82, 2.24) is 25.1 Å². The number of ether oxygens (including phenoxy) is 1. The molecule has 7 nitrogen and oxygen atoms in total. The van der Waals surface area contributed by atoms with Crippen LogP contribution in [0.15, 0.2) is 16.8 Å². The zero-order valence-electron chi connectivity index (χ0n) is 14.5. The molecule has 2 atom stereocenters. The van der Waals surface area contributed by atoms with Crippen molar-refractivity contribution in [3.63, 3.8) is 0 Å². The van der Waals surface area contributed by atoms with Gasteiger partial charge in [-0.25, -0.2) is 4.98 Å². The molecule has 7 heteroatoms. The lowest BCUT2D eigenvalue weighted by atomic mass is 9.80. The third kappa shape index (κ3) is 2.52. The van der Waals surface area contributed by atoms with Crippen LogP contribution < -0.4 is 4.74 Å². The van der Waals surface area contributed by atoms with Crippen molar-refractivity contribution < 1.29 is 9.15 Å². The van der Waals surface area contributed by atoms with Crippen LogP contribution in [0.3, 0.4) is 0 Å². The van der Waals surface area contributed by atoms with E-state index in [1.165, 1.54) is 25.7 Å². The maximum Gasteiger partial charge on any atom is 0.236 e. The normalized spacial score (nSPS) is 29.1. The zero-order chi connectivity index (χ0) is 16.9. The standard InChI is InChI=1S/C18H23N5O2/c1-24-16-14(19-7-8-20-16)10-23-9-13-3-2-6-18(13,11-23)17-22-21-15(25-17)12-4-5-12/h7-8,12-13H,2-6,9-11H2,1H3/t13-,18-/m0/s1. The van der Waals surface area contributed by atoms with Crippen molar-refractivity contribution in [2.24, 2.45) is 5.92 Å². The highest BCUT2D eigenvalue weighted by Gasteiger charge is 2.54. The zero-order valence-corrected chi connectivity index (χ0v) is 14.5. The predicted molar refractivity (Wildman–Crippen MR) is 89.2 cm³/mol. The van der Waals surface area contributed by atoms with E-state index in [0.717, 1.165) is 43.5 Å². The summed E-state index contributed by atoms with van der Waals surface area (Å²) in [5.41, 5.74) is 0.916. The summed E-state index contributed by atoms with van der Waals surface area (Å²) in [4.78, 5) is 11.2. The van der Waals surface area contributed by atoms with Gasteiger partial charge in [-0.1, -0.05) is 6.42 Å². The van der Waals surface area contributed by atoms with Gasteiger partial charge in [-0.3, -0.25) is 9.88 Å².